The van der Waals surface area contributed by atoms with Gasteiger partial charge in [-0.25, -0.2) is 4.98 Å². The largest absolute Gasteiger partial charge is 0.374 e. The highest BCUT2D eigenvalue weighted by Crippen LogP contribution is 2.26. The second kappa shape index (κ2) is 9.28. The Hall–Kier alpha value is -0.733. The third kappa shape index (κ3) is 6.49. The molecule has 0 aliphatic carbocycles. The standard InChI is InChI=1S/C18H30BrN3O2Si/c1-21(2)8-9-23-13-15-12-16-17(19)6-7-20-18(16)22(15)14-24-10-11-25(3,4)5/h6-7,12H,8-11,13-14H2,1-5H3. The molecule has 0 saturated heterocycles. The molecular weight excluding hydrogens is 398 g/mol. The van der Waals surface area contributed by atoms with E-state index in [-0.39, 0.29) is 0 Å². The van der Waals surface area contributed by atoms with Crippen LogP contribution in [0.3, 0.4) is 0 Å². The van der Waals surface area contributed by atoms with E-state index in [1.54, 1.807) is 0 Å². The van der Waals surface area contributed by atoms with Crippen LogP contribution < -0.4 is 0 Å². The minimum absolute atomic E-state index is 0.518. The first-order chi connectivity index (χ1) is 11.8. The zero-order chi connectivity index (χ0) is 18.4. The molecule has 2 aromatic heterocycles. The van der Waals surface area contributed by atoms with Crippen LogP contribution in [0.4, 0.5) is 0 Å². The van der Waals surface area contributed by atoms with Crippen molar-refractivity contribution in [3.05, 3.63) is 28.5 Å². The van der Waals surface area contributed by atoms with Crippen LogP contribution in [0.5, 0.6) is 0 Å². The molecule has 7 heteroatoms. The van der Waals surface area contributed by atoms with E-state index in [2.05, 4.69) is 56.1 Å². The smallest absolute Gasteiger partial charge is 0.143 e. The van der Waals surface area contributed by atoms with Crippen molar-refractivity contribution in [2.75, 3.05) is 33.9 Å². The van der Waals surface area contributed by atoms with Gasteiger partial charge in [0.15, 0.2) is 0 Å². The minimum atomic E-state index is -1.08. The highest BCUT2D eigenvalue weighted by Gasteiger charge is 2.15. The predicted molar refractivity (Wildman–Crippen MR) is 110 cm³/mol. The number of likely N-dealkylation sites (N-methyl/N-ethyl adjacent to an activating group) is 1. The van der Waals surface area contributed by atoms with E-state index in [0.717, 1.165) is 40.4 Å². The Morgan fingerprint density at radius 3 is 2.64 bits per heavy atom. The fourth-order valence-corrected chi connectivity index (χ4v) is 3.56. The number of aromatic nitrogens is 2. The predicted octanol–water partition coefficient (Wildman–Crippen LogP) is 4.19. The summed E-state index contributed by atoms with van der Waals surface area (Å²) in [5, 5.41) is 1.10. The first kappa shape index (κ1) is 20.6. The Bertz CT molecular complexity index is 683. The molecule has 0 aliphatic rings. The molecule has 2 aromatic rings. The van der Waals surface area contributed by atoms with Gasteiger partial charge in [0.2, 0.25) is 0 Å². The number of fused-ring (bicyclic) bond motifs is 1. The summed E-state index contributed by atoms with van der Waals surface area (Å²) in [5.41, 5.74) is 2.04. The summed E-state index contributed by atoms with van der Waals surface area (Å²) < 4.78 is 15.0. The van der Waals surface area contributed by atoms with Gasteiger partial charge in [0, 0.05) is 43.0 Å². The Morgan fingerprint density at radius 1 is 1.20 bits per heavy atom. The minimum Gasteiger partial charge on any atom is -0.374 e. The molecule has 0 unspecified atom stereocenters. The topological polar surface area (TPSA) is 39.5 Å². The average Bonchev–Trinajstić information content (AvgIpc) is 2.86. The van der Waals surface area contributed by atoms with E-state index in [9.17, 15) is 0 Å². The summed E-state index contributed by atoms with van der Waals surface area (Å²) in [5.74, 6) is 0. The van der Waals surface area contributed by atoms with Crippen LogP contribution in [0.15, 0.2) is 22.8 Å². The van der Waals surface area contributed by atoms with E-state index in [0.29, 0.717) is 19.9 Å². The molecule has 0 aliphatic heterocycles. The first-order valence-corrected chi connectivity index (χ1v) is 13.2. The Balaban J connectivity index is 2.08. The highest BCUT2D eigenvalue weighted by molar-refractivity contribution is 9.10. The molecule has 0 fully saturated rings. The molecule has 0 aromatic carbocycles. The summed E-state index contributed by atoms with van der Waals surface area (Å²) >= 11 is 3.62. The van der Waals surface area contributed by atoms with Crippen molar-refractivity contribution in [2.45, 2.75) is 39.0 Å². The molecular formula is C18H30BrN3O2Si. The molecule has 0 amide bonds. The van der Waals surface area contributed by atoms with Gasteiger partial charge in [-0.15, -0.1) is 0 Å². The molecule has 0 radical (unpaired) electrons. The first-order valence-electron chi connectivity index (χ1n) is 8.71. The summed E-state index contributed by atoms with van der Waals surface area (Å²) in [6.45, 7) is 10.6. The quantitative estimate of drug-likeness (QED) is 0.420. The van der Waals surface area contributed by atoms with Crippen molar-refractivity contribution in [1.29, 1.82) is 0 Å². The maximum absolute atomic E-state index is 5.97. The van der Waals surface area contributed by atoms with E-state index >= 15 is 0 Å². The molecule has 0 N–H and O–H groups in total. The Labute approximate surface area is 160 Å². The van der Waals surface area contributed by atoms with Crippen molar-refractivity contribution in [3.8, 4) is 0 Å². The molecule has 2 heterocycles. The summed E-state index contributed by atoms with van der Waals surface area (Å²) in [6.07, 6.45) is 1.82. The summed E-state index contributed by atoms with van der Waals surface area (Å²) in [6, 6.07) is 5.28. The number of pyridine rings is 1. The Kier molecular flexibility index (Phi) is 7.63. The van der Waals surface area contributed by atoms with Gasteiger partial charge in [0.25, 0.3) is 0 Å². The van der Waals surface area contributed by atoms with Gasteiger partial charge in [0.1, 0.15) is 12.4 Å². The number of hydrogen-bond acceptors (Lipinski definition) is 4. The van der Waals surface area contributed by atoms with Gasteiger partial charge >= 0.3 is 0 Å². The molecule has 140 valence electrons. The van der Waals surface area contributed by atoms with Gasteiger partial charge in [-0.05, 0) is 48.2 Å². The lowest BCUT2D eigenvalue weighted by Crippen LogP contribution is -2.22. The number of nitrogens with zero attached hydrogens (tertiary/aromatic N) is 3. The van der Waals surface area contributed by atoms with E-state index in [4.69, 9.17) is 9.47 Å². The van der Waals surface area contributed by atoms with E-state index in [1.165, 1.54) is 0 Å². The van der Waals surface area contributed by atoms with Crippen LogP contribution in [-0.4, -0.2) is 56.4 Å². The summed E-state index contributed by atoms with van der Waals surface area (Å²) in [4.78, 5) is 6.66. The van der Waals surface area contributed by atoms with Gasteiger partial charge in [-0.2, -0.15) is 0 Å². The van der Waals surface area contributed by atoms with Crippen LogP contribution in [0.1, 0.15) is 5.69 Å². The van der Waals surface area contributed by atoms with E-state index < -0.39 is 8.07 Å². The van der Waals surface area contributed by atoms with Crippen molar-refractivity contribution in [1.82, 2.24) is 14.5 Å². The normalized spacial score (nSPS) is 12.4. The lowest BCUT2D eigenvalue weighted by atomic mass is 10.3. The second-order valence-electron chi connectivity index (χ2n) is 7.80. The van der Waals surface area contributed by atoms with Crippen molar-refractivity contribution in [2.24, 2.45) is 0 Å². The van der Waals surface area contributed by atoms with Gasteiger partial charge in [-0.3, -0.25) is 0 Å². The van der Waals surface area contributed by atoms with Gasteiger partial charge in [0.05, 0.1) is 13.2 Å². The van der Waals surface area contributed by atoms with Crippen molar-refractivity contribution < 1.29 is 9.47 Å². The van der Waals surface area contributed by atoms with Crippen LogP contribution >= 0.6 is 15.9 Å². The highest BCUT2D eigenvalue weighted by atomic mass is 79.9. The molecule has 25 heavy (non-hydrogen) atoms. The lowest BCUT2D eigenvalue weighted by Gasteiger charge is -2.17. The van der Waals surface area contributed by atoms with Crippen LogP contribution in [0.25, 0.3) is 11.0 Å². The fraction of sp³-hybridized carbons (Fsp3) is 0.611. The maximum Gasteiger partial charge on any atom is 0.143 e. The average molecular weight is 428 g/mol. The van der Waals surface area contributed by atoms with Crippen LogP contribution in [0, 0.1) is 0 Å². The van der Waals surface area contributed by atoms with Crippen molar-refractivity contribution >= 4 is 35.0 Å². The van der Waals surface area contributed by atoms with Gasteiger partial charge in [-0.1, -0.05) is 19.6 Å². The fourth-order valence-electron chi connectivity index (χ4n) is 2.39. The monoisotopic (exact) mass is 427 g/mol. The molecule has 0 spiro atoms. The molecule has 0 saturated carbocycles. The SMILES string of the molecule is CN(C)CCOCc1cc2c(Br)ccnc2n1COCC[Si](C)(C)C. The summed E-state index contributed by atoms with van der Waals surface area (Å²) in [7, 11) is 3.02. The number of ether oxygens (including phenoxy) is 2. The van der Waals surface area contributed by atoms with E-state index in [1.807, 2.05) is 26.4 Å². The number of hydrogen-bond donors (Lipinski definition) is 0. The zero-order valence-electron chi connectivity index (χ0n) is 16.0. The molecule has 5 nitrogen and oxygen atoms in total. The van der Waals surface area contributed by atoms with Crippen LogP contribution in [-0.2, 0) is 22.8 Å². The molecule has 0 atom stereocenters. The second-order valence-corrected chi connectivity index (χ2v) is 14.3. The number of rotatable bonds is 10. The number of halogens is 1. The third-order valence-corrected chi connectivity index (χ3v) is 6.37. The maximum atomic E-state index is 5.97. The van der Waals surface area contributed by atoms with Crippen LogP contribution in [0.2, 0.25) is 25.7 Å². The third-order valence-electron chi connectivity index (χ3n) is 3.98. The molecule has 0 bridgehead atoms. The zero-order valence-corrected chi connectivity index (χ0v) is 18.6. The van der Waals surface area contributed by atoms with Crippen molar-refractivity contribution in [3.63, 3.8) is 0 Å². The van der Waals surface area contributed by atoms with Gasteiger partial charge < -0.3 is 18.9 Å². The lowest BCUT2D eigenvalue weighted by molar-refractivity contribution is 0.0718. The Morgan fingerprint density at radius 2 is 1.96 bits per heavy atom. The molecule has 2 rings (SSSR count).